The third kappa shape index (κ3) is 5.01. The summed E-state index contributed by atoms with van der Waals surface area (Å²) in [5.74, 6) is -0.117. The second kappa shape index (κ2) is 6.68. The topological polar surface area (TPSA) is 64.3 Å². The van der Waals surface area contributed by atoms with Crippen LogP contribution in [0.3, 0.4) is 0 Å². The molecule has 1 aromatic rings. The zero-order valence-electron chi connectivity index (χ0n) is 12.2. The first kappa shape index (κ1) is 15.7. The Kier molecular flexibility index (Phi) is 5.51. The number of benzene rings is 1. The lowest BCUT2D eigenvalue weighted by Crippen LogP contribution is -2.48. The fourth-order valence-electron chi connectivity index (χ4n) is 1.61. The van der Waals surface area contributed by atoms with Crippen LogP contribution in [0.25, 0.3) is 0 Å². The van der Waals surface area contributed by atoms with E-state index in [1.54, 1.807) is 7.11 Å². The summed E-state index contributed by atoms with van der Waals surface area (Å²) in [6.45, 7) is 6.96. The summed E-state index contributed by atoms with van der Waals surface area (Å²) in [5.41, 5.74) is 7.83. The van der Waals surface area contributed by atoms with Crippen molar-refractivity contribution in [3.63, 3.8) is 0 Å². The van der Waals surface area contributed by atoms with Crippen molar-refractivity contribution in [2.75, 3.05) is 7.11 Å². The fraction of sp³-hybridized carbons (Fsp3) is 0.533. The Morgan fingerprint density at radius 2 is 1.79 bits per heavy atom. The number of amides is 1. The molecule has 1 aromatic carbocycles. The van der Waals surface area contributed by atoms with Crippen LogP contribution in [0.1, 0.15) is 31.9 Å². The zero-order chi connectivity index (χ0) is 14.5. The number of hydrogen-bond acceptors (Lipinski definition) is 3. The summed E-state index contributed by atoms with van der Waals surface area (Å²) in [4.78, 5) is 11.9. The van der Waals surface area contributed by atoms with Gasteiger partial charge in [-0.2, -0.15) is 0 Å². The van der Waals surface area contributed by atoms with Crippen LogP contribution < -0.4 is 11.1 Å². The second-order valence-corrected chi connectivity index (χ2v) is 5.81. The molecule has 4 nitrogen and oxygen atoms in total. The van der Waals surface area contributed by atoms with Crippen molar-refractivity contribution >= 4 is 5.91 Å². The maximum absolute atomic E-state index is 11.9. The van der Waals surface area contributed by atoms with Gasteiger partial charge in [0.15, 0.2) is 0 Å². The van der Waals surface area contributed by atoms with Crippen LogP contribution in [-0.2, 0) is 22.7 Å². The molecule has 0 saturated heterocycles. The van der Waals surface area contributed by atoms with Gasteiger partial charge in [0.2, 0.25) is 5.91 Å². The standard InChI is InChI=1S/C15H24N2O2/c1-15(2,3)13(16)14(18)17-9-11-5-7-12(8-6-11)10-19-4/h5-8,13H,9-10,16H2,1-4H3,(H,17,18)/t13-/m1/s1. The number of nitrogens with one attached hydrogen (secondary N) is 1. The van der Waals surface area contributed by atoms with E-state index in [1.165, 1.54) is 0 Å². The van der Waals surface area contributed by atoms with E-state index in [9.17, 15) is 4.79 Å². The van der Waals surface area contributed by atoms with Crippen molar-refractivity contribution in [3.8, 4) is 0 Å². The van der Waals surface area contributed by atoms with Gasteiger partial charge in [0.25, 0.3) is 0 Å². The lowest BCUT2D eigenvalue weighted by molar-refractivity contribution is -0.124. The third-order valence-electron chi connectivity index (χ3n) is 3.02. The van der Waals surface area contributed by atoms with Gasteiger partial charge in [0.05, 0.1) is 12.6 Å². The van der Waals surface area contributed by atoms with Gasteiger partial charge in [0.1, 0.15) is 0 Å². The van der Waals surface area contributed by atoms with E-state index in [0.717, 1.165) is 11.1 Å². The molecule has 0 radical (unpaired) electrons. The average molecular weight is 264 g/mol. The van der Waals surface area contributed by atoms with E-state index in [1.807, 2.05) is 45.0 Å². The SMILES string of the molecule is COCc1ccc(CNC(=O)[C@@H](N)C(C)(C)C)cc1. The summed E-state index contributed by atoms with van der Waals surface area (Å²) in [7, 11) is 1.67. The summed E-state index contributed by atoms with van der Waals surface area (Å²) in [6, 6.07) is 7.46. The maximum atomic E-state index is 11.9. The molecule has 3 N–H and O–H groups in total. The predicted octanol–water partition coefficient (Wildman–Crippen LogP) is 1.82. The second-order valence-electron chi connectivity index (χ2n) is 5.81. The van der Waals surface area contributed by atoms with Gasteiger partial charge in [-0.05, 0) is 16.5 Å². The molecule has 1 rings (SSSR count). The van der Waals surface area contributed by atoms with Crippen molar-refractivity contribution in [3.05, 3.63) is 35.4 Å². The minimum atomic E-state index is -0.500. The smallest absolute Gasteiger partial charge is 0.237 e. The monoisotopic (exact) mass is 264 g/mol. The molecule has 1 atom stereocenters. The predicted molar refractivity (Wildman–Crippen MR) is 76.4 cm³/mol. The fourth-order valence-corrected chi connectivity index (χ4v) is 1.61. The van der Waals surface area contributed by atoms with Gasteiger partial charge in [-0.15, -0.1) is 0 Å². The first-order valence-corrected chi connectivity index (χ1v) is 6.44. The lowest BCUT2D eigenvalue weighted by Gasteiger charge is -2.25. The molecular weight excluding hydrogens is 240 g/mol. The van der Waals surface area contributed by atoms with Gasteiger partial charge < -0.3 is 15.8 Å². The number of methoxy groups -OCH3 is 1. The molecule has 106 valence electrons. The molecule has 19 heavy (non-hydrogen) atoms. The van der Waals surface area contributed by atoms with Crippen molar-refractivity contribution in [2.45, 2.75) is 40.0 Å². The molecule has 0 saturated carbocycles. The van der Waals surface area contributed by atoms with Crippen molar-refractivity contribution in [2.24, 2.45) is 11.1 Å². The zero-order valence-corrected chi connectivity index (χ0v) is 12.2. The summed E-state index contributed by atoms with van der Waals surface area (Å²) in [5, 5.41) is 2.86. The molecule has 0 bridgehead atoms. The molecule has 0 aromatic heterocycles. The molecule has 0 aliphatic heterocycles. The molecule has 0 fully saturated rings. The molecule has 0 heterocycles. The Morgan fingerprint density at radius 3 is 2.26 bits per heavy atom. The van der Waals surface area contributed by atoms with Crippen molar-refractivity contribution < 1.29 is 9.53 Å². The van der Waals surface area contributed by atoms with Gasteiger partial charge in [0, 0.05) is 13.7 Å². The van der Waals surface area contributed by atoms with Crippen LogP contribution >= 0.6 is 0 Å². The van der Waals surface area contributed by atoms with E-state index < -0.39 is 6.04 Å². The molecule has 1 amide bonds. The maximum Gasteiger partial charge on any atom is 0.237 e. The Morgan fingerprint density at radius 1 is 1.26 bits per heavy atom. The first-order valence-electron chi connectivity index (χ1n) is 6.44. The number of carbonyl (C=O) groups excluding carboxylic acids is 1. The Balaban J connectivity index is 2.50. The van der Waals surface area contributed by atoms with E-state index >= 15 is 0 Å². The van der Waals surface area contributed by atoms with Crippen LogP contribution in [0, 0.1) is 5.41 Å². The number of hydrogen-bond donors (Lipinski definition) is 2. The molecule has 0 aliphatic carbocycles. The van der Waals surface area contributed by atoms with Gasteiger partial charge >= 0.3 is 0 Å². The highest BCUT2D eigenvalue weighted by molar-refractivity contribution is 5.82. The average Bonchev–Trinajstić information content (AvgIpc) is 2.36. The van der Waals surface area contributed by atoms with E-state index in [2.05, 4.69) is 5.32 Å². The van der Waals surface area contributed by atoms with Crippen LogP contribution in [0.2, 0.25) is 0 Å². The van der Waals surface area contributed by atoms with E-state index in [4.69, 9.17) is 10.5 Å². The highest BCUT2D eigenvalue weighted by Crippen LogP contribution is 2.17. The number of ether oxygens (including phenoxy) is 1. The molecule has 4 heteroatoms. The van der Waals surface area contributed by atoms with Gasteiger partial charge in [-0.25, -0.2) is 0 Å². The molecule has 0 unspecified atom stereocenters. The van der Waals surface area contributed by atoms with Crippen molar-refractivity contribution in [1.82, 2.24) is 5.32 Å². The normalized spacial score (nSPS) is 13.1. The Bertz CT molecular complexity index is 407. The van der Waals surface area contributed by atoms with Crippen LogP contribution in [0.4, 0.5) is 0 Å². The van der Waals surface area contributed by atoms with Crippen LogP contribution in [0.5, 0.6) is 0 Å². The van der Waals surface area contributed by atoms with Crippen molar-refractivity contribution in [1.29, 1.82) is 0 Å². The third-order valence-corrected chi connectivity index (χ3v) is 3.02. The Hall–Kier alpha value is -1.39. The first-order chi connectivity index (χ1) is 8.84. The number of carbonyl (C=O) groups is 1. The van der Waals surface area contributed by atoms with Crippen LogP contribution in [-0.4, -0.2) is 19.1 Å². The van der Waals surface area contributed by atoms with Gasteiger partial charge in [-0.3, -0.25) is 4.79 Å². The lowest BCUT2D eigenvalue weighted by atomic mass is 9.87. The Labute approximate surface area is 115 Å². The minimum Gasteiger partial charge on any atom is -0.380 e. The molecule has 0 spiro atoms. The minimum absolute atomic E-state index is 0.117. The summed E-state index contributed by atoms with van der Waals surface area (Å²) < 4.78 is 5.05. The number of rotatable bonds is 5. The van der Waals surface area contributed by atoms with Gasteiger partial charge in [-0.1, -0.05) is 45.0 Å². The highest BCUT2D eigenvalue weighted by Gasteiger charge is 2.26. The summed E-state index contributed by atoms with van der Waals surface area (Å²) in [6.07, 6.45) is 0. The molecular formula is C15H24N2O2. The summed E-state index contributed by atoms with van der Waals surface area (Å²) >= 11 is 0. The largest absolute Gasteiger partial charge is 0.380 e. The molecule has 0 aliphatic rings. The number of nitrogens with two attached hydrogens (primary N) is 1. The van der Waals surface area contributed by atoms with E-state index in [0.29, 0.717) is 13.2 Å². The highest BCUT2D eigenvalue weighted by atomic mass is 16.5. The van der Waals surface area contributed by atoms with E-state index in [-0.39, 0.29) is 11.3 Å². The van der Waals surface area contributed by atoms with Crippen LogP contribution in [0.15, 0.2) is 24.3 Å². The quantitative estimate of drug-likeness (QED) is 0.852.